The number of amides is 2. The highest BCUT2D eigenvalue weighted by Gasteiger charge is 2.20. The first-order chi connectivity index (χ1) is 14.0. The second kappa shape index (κ2) is 7.89. The van der Waals surface area contributed by atoms with Crippen molar-refractivity contribution in [2.45, 2.75) is 0 Å². The number of hydrogen-bond donors (Lipinski definition) is 2. The van der Waals surface area contributed by atoms with Crippen LogP contribution < -0.4 is 15.4 Å². The van der Waals surface area contributed by atoms with E-state index in [4.69, 9.17) is 4.74 Å². The van der Waals surface area contributed by atoms with E-state index < -0.39 is 5.91 Å². The number of ether oxygens (including phenoxy) is 1. The second-order valence-electron chi connectivity index (χ2n) is 6.38. The summed E-state index contributed by atoms with van der Waals surface area (Å²) < 4.78 is 6.18. The minimum Gasteiger partial charge on any atom is -0.482 e. The fourth-order valence-electron chi connectivity index (χ4n) is 3.00. The van der Waals surface area contributed by atoms with Crippen molar-refractivity contribution in [3.05, 3.63) is 87.9 Å². The van der Waals surface area contributed by atoms with E-state index in [0.717, 1.165) is 4.47 Å². The minimum atomic E-state index is -0.422. The van der Waals surface area contributed by atoms with Gasteiger partial charge in [-0.1, -0.05) is 34.1 Å². The van der Waals surface area contributed by atoms with Crippen molar-refractivity contribution >= 4 is 44.9 Å². The summed E-state index contributed by atoms with van der Waals surface area (Å²) in [5.41, 5.74) is 2.02. The van der Waals surface area contributed by atoms with Crippen LogP contribution in [0.1, 0.15) is 26.3 Å². The fraction of sp³-hybridized carbons (Fsp3) is 0.0455. The Kier molecular flexibility index (Phi) is 5.14. The molecule has 0 atom stereocenters. The fourth-order valence-corrected chi connectivity index (χ4v) is 3.26. The van der Waals surface area contributed by atoms with Crippen LogP contribution in [0.2, 0.25) is 0 Å². The maximum atomic E-state index is 12.9. The highest BCUT2D eigenvalue weighted by atomic mass is 79.9. The third-order valence-corrected chi connectivity index (χ3v) is 4.92. The van der Waals surface area contributed by atoms with Gasteiger partial charge in [0.2, 0.25) is 0 Å². The normalized spacial score (nSPS) is 12.4. The van der Waals surface area contributed by atoms with Crippen LogP contribution in [0, 0.1) is 0 Å². The largest absolute Gasteiger partial charge is 0.482 e. The highest BCUT2D eigenvalue weighted by Crippen LogP contribution is 2.30. The zero-order chi connectivity index (χ0) is 20.4. The molecule has 1 heterocycles. The van der Waals surface area contributed by atoms with Crippen molar-refractivity contribution in [1.82, 2.24) is 0 Å². The van der Waals surface area contributed by atoms with Gasteiger partial charge in [-0.05, 0) is 48.5 Å². The number of benzene rings is 3. The maximum absolute atomic E-state index is 12.9. The number of anilines is 2. The van der Waals surface area contributed by atoms with Gasteiger partial charge in [0, 0.05) is 21.3 Å². The Balaban J connectivity index is 1.60. The zero-order valence-electron chi connectivity index (χ0n) is 15.1. The van der Waals surface area contributed by atoms with Crippen molar-refractivity contribution < 1.29 is 19.1 Å². The topological polar surface area (TPSA) is 84.5 Å². The lowest BCUT2D eigenvalue weighted by Crippen LogP contribution is -2.25. The first kappa shape index (κ1) is 18.9. The standard InChI is InChI=1S/C22H15BrN2O4/c23-14-7-5-13(6-8-14)21(27)16-3-1-2-4-17(16)22(28)24-15-9-10-19-18(11-15)25-20(26)12-29-19/h1-11H,12H2,(H,24,28)(H,25,26). The molecule has 144 valence electrons. The third-order valence-electron chi connectivity index (χ3n) is 4.39. The van der Waals surface area contributed by atoms with E-state index in [1.165, 1.54) is 0 Å². The number of carbonyl (C=O) groups is 3. The molecule has 6 nitrogen and oxygen atoms in total. The summed E-state index contributed by atoms with van der Waals surface area (Å²) in [6.45, 7) is -0.0375. The molecule has 0 saturated heterocycles. The lowest BCUT2D eigenvalue weighted by Gasteiger charge is -2.18. The Bertz CT molecular complexity index is 1130. The van der Waals surface area contributed by atoms with Crippen LogP contribution in [0.5, 0.6) is 5.75 Å². The summed E-state index contributed by atoms with van der Waals surface area (Å²) >= 11 is 3.34. The molecule has 0 spiro atoms. The number of rotatable bonds is 4. The SMILES string of the molecule is O=C1COc2ccc(NC(=O)c3ccccc3C(=O)c3ccc(Br)cc3)cc2N1. The zero-order valence-corrected chi connectivity index (χ0v) is 16.7. The molecule has 3 aromatic carbocycles. The molecule has 0 saturated carbocycles. The van der Waals surface area contributed by atoms with Gasteiger partial charge in [0.05, 0.1) is 11.3 Å². The molecule has 2 N–H and O–H groups in total. The summed E-state index contributed by atoms with van der Waals surface area (Å²) in [5.74, 6) is -0.386. The van der Waals surface area contributed by atoms with E-state index in [1.54, 1.807) is 66.7 Å². The minimum absolute atomic E-state index is 0.0375. The third kappa shape index (κ3) is 4.05. The van der Waals surface area contributed by atoms with Crippen molar-refractivity contribution in [2.24, 2.45) is 0 Å². The van der Waals surface area contributed by atoms with E-state index in [2.05, 4.69) is 26.6 Å². The Morgan fingerprint density at radius 1 is 0.966 bits per heavy atom. The van der Waals surface area contributed by atoms with Gasteiger partial charge in [0.15, 0.2) is 12.4 Å². The van der Waals surface area contributed by atoms with Crippen LogP contribution in [0.3, 0.4) is 0 Å². The summed E-state index contributed by atoms with van der Waals surface area (Å²) in [6, 6.07) is 18.6. The van der Waals surface area contributed by atoms with Gasteiger partial charge in [0.1, 0.15) is 5.75 Å². The summed E-state index contributed by atoms with van der Waals surface area (Å²) in [4.78, 5) is 37.3. The molecule has 1 aliphatic heterocycles. The van der Waals surface area contributed by atoms with Crippen LogP contribution in [0.4, 0.5) is 11.4 Å². The van der Waals surface area contributed by atoms with Crippen LogP contribution in [0.15, 0.2) is 71.2 Å². The summed E-state index contributed by atoms with van der Waals surface area (Å²) in [6.07, 6.45) is 0. The van der Waals surface area contributed by atoms with Crippen LogP contribution in [-0.2, 0) is 4.79 Å². The highest BCUT2D eigenvalue weighted by molar-refractivity contribution is 9.10. The molecule has 29 heavy (non-hydrogen) atoms. The average Bonchev–Trinajstić information content (AvgIpc) is 2.73. The number of nitrogens with one attached hydrogen (secondary N) is 2. The number of halogens is 1. The van der Waals surface area contributed by atoms with Crippen molar-refractivity contribution in [3.63, 3.8) is 0 Å². The Morgan fingerprint density at radius 2 is 1.69 bits per heavy atom. The Hall–Kier alpha value is -3.45. The van der Waals surface area contributed by atoms with Crippen molar-refractivity contribution in [3.8, 4) is 5.75 Å². The predicted molar refractivity (Wildman–Crippen MR) is 113 cm³/mol. The predicted octanol–water partition coefficient (Wildman–Crippen LogP) is 4.26. The molecule has 7 heteroatoms. The molecule has 4 rings (SSSR count). The Morgan fingerprint density at radius 3 is 2.45 bits per heavy atom. The van der Waals surface area contributed by atoms with Crippen LogP contribution in [-0.4, -0.2) is 24.2 Å². The van der Waals surface area contributed by atoms with Crippen LogP contribution in [0.25, 0.3) is 0 Å². The van der Waals surface area contributed by atoms with Gasteiger partial charge >= 0.3 is 0 Å². The first-order valence-electron chi connectivity index (χ1n) is 8.78. The van der Waals surface area contributed by atoms with E-state index in [-0.39, 0.29) is 23.9 Å². The average molecular weight is 451 g/mol. The molecule has 0 fully saturated rings. The summed E-state index contributed by atoms with van der Waals surface area (Å²) in [7, 11) is 0. The van der Waals surface area contributed by atoms with E-state index >= 15 is 0 Å². The van der Waals surface area contributed by atoms with Gasteiger partial charge in [0.25, 0.3) is 11.8 Å². The van der Waals surface area contributed by atoms with Crippen molar-refractivity contribution in [2.75, 3.05) is 17.2 Å². The number of fused-ring (bicyclic) bond motifs is 1. The van der Waals surface area contributed by atoms with E-state index in [1.807, 2.05) is 0 Å². The smallest absolute Gasteiger partial charge is 0.262 e. The maximum Gasteiger partial charge on any atom is 0.262 e. The molecule has 0 unspecified atom stereocenters. The van der Waals surface area contributed by atoms with Crippen LogP contribution >= 0.6 is 15.9 Å². The molecule has 1 aliphatic rings. The molecule has 0 aliphatic carbocycles. The quantitative estimate of drug-likeness (QED) is 0.581. The lowest BCUT2D eigenvalue weighted by atomic mass is 9.98. The van der Waals surface area contributed by atoms with Crippen molar-refractivity contribution in [1.29, 1.82) is 0 Å². The lowest BCUT2D eigenvalue weighted by molar-refractivity contribution is -0.118. The van der Waals surface area contributed by atoms with E-state index in [9.17, 15) is 14.4 Å². The van der Waals surface area contributed by atoms with Gasteiger partial charge in [-0.2, -0.15) is 0 Å². The molecular formula is C22H15BrN2O4. The number of ketones is 1. The molecule has 0 aromatic heterocycles. The van der Waals surface area contributed by atoms with Gasteiger partial charge < -0.3 is 15.4 Å². The molecule has 0 radical (unpaired) electrons. The Labute approximate surface area is 175 Å². The first-order valence-corrected chi connectivity index (χ1v) is 9.58. The molecule has 0 bridgehead atoms. The molecule has 3 aromatic rings. The van der Waals surface area contributed by atoms with Gasteiger partial charge in [-0.25, -0.2) is 0 Å². The number of carbonyl (C=O) groups excluding carboxylic acids is 3. The van der Waals surface area contributed by atoms with Gasteiger partial charge in [-0.15, -0.1) is 0 Å². The summed E-state index contributed by atoms with van der Waals surface area (Å²) in [5, 5.41) is 5.47. The van der Waals surface area contributed by atoms with Gasteiger partial charge in [-0.3, -0.25) is 14.4 Å². The van der Waals surface area contributed by atoms with E-state index in [0.29, 0.717) is 28.3 Å². The second-order valence-corrected chi connectivity index (χ2v) is 7.30. The monoisotopic (exact) mass is 450 g/mol. The number of hydrogen-bond acceptors (Lipinski definition) is 4. The molecule has 2 amide bonds. The molecular weight excluding hydrogens is 436 g/mol.